The van der Waals surface area contributed by atoms with Crippen molar-refractivity contribution in [1.29, 1.82) is 0 Å². The Hall–Kier alpha value is -3.42. The largest absolute Gasteiger partial charge is 0.303 e. The van der Waals surface area contributed by atoms with Crippen molar-refractivity contribution >= 4 is 0 Å². The molecule has 2 heterocycles. The number of hydrogen-bond donors (Lipinski definition) is 0. The van der Waals surface area contributed by atoms with Crippen molar-refractivity contribution in [1.82, 2.24) is 19.1 Å². The summed E-state index contributed by atoms with van der Waals surface area (Å²) in [5.74, 6) is -3.18. The molecule has 0 aliphatic rings. The van der Waals surface area contributed by atoms with Crippen LogP contribution in [0.5, 0.6) is 0 Å². The highest BCUT2D eigenvalue weighted by Gasteiger charge is 2.16. The first kappa shape index (κ1) is 16.1. The molecule has 0 unspecified atom stereocenters. The molecule has 4 aromatic rings. The SMILES string of the molecule is Fc1ccc(-n2ccnc2-c2cn(-c3cccc(F)c3F)cn2)c(F)c1. The molecule has 0 N–H and O–H groups in total. The maximum Gasteiger partial charge on any atom is 0.182 e. The van der Waals surface area contributed by atoms with Gasteiger partial charge in [0.1, 0.15) is 23.7 Å². The zero-order chi connectivity index (χ0) is 18.3. The fourth-order valence-corrected chi connectivity index (χ4v) is 2.63. The molecule has 4 nitrogen and oxygen atoms in total. The maximum absolute atomic E-state index is 14.1. The van der Waals surface area contributed by atoms with E-state index in [1.807, 2.05) is 0 Å². The lowest BCUT2D eigenvalue weighted by Gasteiger charge is -2.07. The summed E-state index contributed by atoms with van der Waals surface area (Å²) in [6.07, 6.45) is 5.67. The normalized spacial score (nSPS) is 11.1. The molecule has 0 atom stereocenters. The van der Waals surface area contributed by atoms with E-state index in [0.717, 1.165) is 18.2 Å². The molecule has 0 saturated carbocycles. The summed E-state index contributed by atoms with van der Waals surface area (Å²) in [7, 11) is 0. The summed E-state index contributed by atoms with van der Waals surface area (Å²) in [4.78, 5) is 8.27. The van der Waals surface area contributed by atoms with Crippen molar-refractivity contribution < 1.29 is 17.6 Å². The summed E-state index contributed by atoms with van der Waals surface area (Å²) in [6, 6.07) is 6.96. The minimum atomic E-state index is -1.01. The molecule has 0 bridgehead atoms. The lowest BCUT2D eigenvalue weighted by Crippen LogP contribution is -2.00. The van der Waals surface area contributed by atoms with Gasteiger partial charge in [0, 0.05) is 24.7 Å². The van der Waals surface area contributed by atoms with Crippen LogP contribution in [-0.2, 0) is 0 Å². The standard InChI is InChI=1S/C18H10F4N4/c19-11-4-5-15(13(21)8-11)26-7-6-23-18(26)14-9-25(10-24-14)16-3-1-2-12(20)17(16)22/h1-10H. The molecular formula is C18H10F4N4. The quantitative estimate of drug-likeness (QED) is 0.513. The highest BCUT2D eigenvalue weighted by Crippen LogP contribution is 2.24. The van der Waals surface area contributed by atoms with E-state index in [9.17, 15) is 17.6 Å². The van der Waals surface area contributed by atoms with Gasteiger partial charge in [-0.3, -0.25) is 4.57 Å². The number of imidazole rings is 2. The maximum atomic E-state index is 14.1. The predicted octanol–water partition coefficient (Wildman–Crippen LogP) is 4.28. The summed E-state index contributed by atoms with van der Waals surface area (Å²) < 4.78 is 57.2. The Morgan fingerprint density at radius 2 is 1.69 bits per heavy atom. The summed E-state index contributed by atoms with van der Waals surface area (Å²) in [5.41, 5.74) is 0.377. The van der Waals surface area contributed by atoms with Crippen LogP contribution in [0.25, 0.3) is 22.9 Å². The van der Waals surface area contributed by atoms with Crippen molar-refractivity contribution in [3.63, 3.8) is 0 Å². The molecule has 0 aliphatic carbocycles. The second kappa shape index (κ2) is 6.14. The molecule has 0 spiro atoms. The molecule has 2 aromatic heterocycles. The van der Waals surface area contributed by atoms with E-state index in [1.165, 1.54) is 52.3 Å². The van der Waals surface area contributed by atoms with E-state index >= 15 is 0 Å². The highest BCUT2D eigenvalue weighted by molar-refractivity contribution is 5.54. The van der Waals surface area contributed by atoms with Crippen molar-refractivity contribution in [2.45, 2.75) is 0 Å². The zero-order valence-electron chi connectivity index (χ0n) is 13.1. The van der Waals surface area contributed by atoms with Crippen LogP contribution in [0, 0.1) is 23.3 Å². The first-order valence-corrected chi connectivity index (χ1v) is 7.52. The molecule has 0 fully saturated rings. The monoisotopic (exact) mass is 358 g/mol. The topological polar surface area (TPSA) is 35.6 Å². The number of hydrogen-bond acceptors (Lipinski definition) is 2. The van der Waals surface area contributed by atoms with Crippen LogP contribution in [0.1, 0.15) is 0 Å². The van der Waals surface area contributed by atoms with Gasteiger partial charge < -0.3 is 4.57 Å². The lowest BCUT2D eigenvalue weighted by atomic mass is 10.2. The van der Waals surface area contributed by atoms with Crippen molar-refractivity contribution in [2.24, 2.45) is 0 Å². The minimum Gasteiger partial charge on any atom is -0.303 e. The van der Waals surface area contributed by atoms with Crippen LogP contribution in [0.15, 0.2) is 61.3 Å². The molecule has 130 valence electrons. The number of aromatic nitrogens is 4. The number of halogens is 4. The molecule has 0 radical (unpaired) electrons. The molecule has 2 aromatic carbocycles. The Kier molecular flexibility index (Phi) is 3.80. The number of rotatable bonds is 3. The van der Waals surface area contributed by atoms with Gasteiger partial charge in [-0.05, 0) is 24.3 Å². The van der Waals surface area contributed by atoms with Crippen LogP contribution in [0.4, 0.5) is 17.6 Å². The third-order valence-corrected chi connectivity index (χ3v) is 3.83. The third kappa shape index (κ3) is 2.65. The van der Waals surface area contributed by atoms with Gasteiger partial charge in [0.2, 0.25) is 0 Å². The van der Waals surface area contributed by atoms with E-state index < -0.39 is 23.3 Å². The van der Waals surface area contributed by atoms with E-state index in [-0.39, 0.29) is 17.2 Å². The Labute approximate surface area is 145 Å². The van der Waals surface area contributed by atoms with Crippen molar-refractivity contribution in [3.05, 3.63) is 84.6 Å². The average Bonchev–Trinajstić information content (AvgIpc) is 3.26. The Morgan fingerprint density at radius 1 is 0.846 bits per heavy atom. The first-order valence-electron chi connectivity index (χ1n) is 7.52. The van der Waals surface area contributed by atoms with E-state index in [0.29, 0.717) is 5.69 Å². The van der Waals surface area contributed by atoms with Crippen LogP contribution in [0.3, 0.4) is 0 Å². The summed E-state index contributed by atoms with van der Waals surface area (Å²) in [5, 5.41) is 0. The summed E-state index contributed by atoms with van der Waals surface area (Å²) in [6.45, 7) is 0. The van der Waals surface area contributed by atoms with Crippen LogP contribution < -0.4 is 0 Å². The fraction of sp³-hybridized carbons (Fsp3) is 0. The van der Waals surface area contributed by atoms with Gasteiger partial charge in [-0.2, -0.15) is 0 Å². The third-order valence-electron chi connectivity index (χ3n) is 3.83. The highest BCUT2D eigenvalue weighted by atomic mass is 19.2. The van der Waals surface area contributed by atoms with Gasteiger partial charge in [-0.25, -0.2) is 27.5 Å². The number of benzene rings is 2. The Morgan fingerprint density at radius 3 is 2.50 bits per heavy atom. The van der Waals surface area contributed by atoms with Gasteiger partial charge in [-0.15, -0.1) is 0 Å². The smallest absolute Gasteiger partial charge is 0.182 e. The Bertz CT molecular complexity index is 1100. The first-order chi connectivity index (χ1) is 12.5. The molecular weight excluding hydrogens is 348 g/mol. The van der Waals surface area contributed by atoms with Crippen molar-refractivity contribution in [3.8, 4) is 22.9 Å². The van der Waals surface area contributed by atoms with E-state index in [4.69, 9.17) is 0 Å². The summed E-state index contributed by atoms with van der Waals surface area (Å²) >= 11 is 0. The van der Waals surface area contributed by atoms with Gasteiger partial charge in [0.15, 0.2) is 17.5 Å². The minimum absolute atomic E-state index is 0.0187. The molecule has 26 heavy (non-hydrogen) atoms. The lowest BCUT2D eigenvalue weighted by molar-refractivity contribution is 0.504. The number of nitrogens with zero attached hydrogens (tertiary/aromatic N) is 4. The molecule has 8 heteroatoms. The Balaban J connectivity index is 1.78. The van der Waals surface area contributed by atoms with E-state index in [1.54, 1.807) is 0 Å². The van der Waals surface area contributed by atoms with Gasteiger partial charge in [0.25, 0.3) is 0 Å². The van der Waals surface area contributed by atoms with Crippen LogP contribution in [-0.4, -0.2) is 19.1 Å². The average molecular weight is 358 g/mol. The fourth-order valence-electron chi connectivity index (χ4n) is 2.63. The van der Waals surface area contributed by atoms with Crippen molar-refractivity contribution in [2.75, 3.05) is 0 Å². The van der Waals surface area contributed by atoms with Crippen LogP contribution in [0.2, 0.25) is 0 Å². The van der Waals surface area contributed by atoms with Gasteiger partial charge in [0.05, 0.1) is 11.4 Å². The second-order valence-electron chi connectivity index (χ2n) is 5.46. The molecule has 0 aliphatic heterocycles. The van der Waals surface area contributed by atoms with Gasteiger partial charge in [-0.1, -0.05) is 6.07 Å². The zero-order valence-corrected chi connectivity index (χ0v) is 13.1. The molecule has 0 saturated heterocycles. The predicted molar refractivity (Wildman–Crippen MR) is 86.0 cm³/mol. The van der Waals surface area contributed by atoms with Crippen LogP contribution >= 0.6 is 0 Å². The molecule has 0 amide bonds. The van der Waals surface area contributed by atoms with E-state index in [2.05, 4.69) is 9.97 Å². The van der Waals surface area contributed by atoms with Gasteiger partial charge >= 0.3 is 0 Å². The molecule has 4 rings (SSSR count). The second-order valence-corrected chi connectivity index (χ2v) is 5.46.